The lowest BCUT2D eigenvalue weighted by molar-refractivity contribution is -0.140. The molecule has 1 aromatic heterocycles. The first-order chi connectivity index (χ1) is 9.90. The van der Waals surface area contributed by atoms with Gasteiger partial charge in [-0.25, -0.2) is 4.79 Å². The van der Waals surface area contributed by atoms with Crippen LogP contribution >= 0.6 is 12.6 Å². The van der Waals surface area contributed by atoms with Gasteiger partial charge in [0.05, 0.1) is 18.4 Å². The standard InChI is InChI=1S/C8H11NO2.C5H9NO3S/c10-5-6-1-3-9-4-2-7(11)8(6)9;1-3(7)6-4(2-10)5(8)9/h1,3,7,10-11H,2,4-5H2;4,10H,2H2,1H3,(H,6,7)(H,8,9)/t;4-/m.0/s1. The molecule has 4 N–H and O–H groups in total. The highest BCUT2D eigenvalue weighted by Crippen LogP contribution is 2.29. The predicted molar refractivity (Wildman–Crippen MR) is 79.0 cm³/mol. The van der Waals surface area contributed by atoms with Crippen molar-refractivity contribution in [3.05, 3.63) is 23.5 Å². The average molecular weight is 316 g/mol. The molecule has 0 saturated heterocycles. The zero-order valence-electron chi connectivity index (χ0n) is 11.7. The number of carbonyl (C=O) groups is 2. The number of aryl methyl sites for hydroxylation is 1. The molecule has 7 nitrogen and oxygen atoms in total. The van der Waals surface area contributed by atoms with E-state index in [0.717, 1.165) is 24.2 Å². The Hall–Kier alpha value is -1.51. The summed E-state index contributed by atoms with van der Waals surface area (Å²) >= 11 is 3.73. The number of rotatable bonds is 4. The van der Waals surface area contributed by atoms with Crippen molar-refractivity contribution < 1.29 is 24.9 Å². The van der Waals surface area contributed by atoms with Crippen LogP contribution in [0.1, 0.15) is 30.7 Å². The lowest BCUT2D eigenvalue weighted by Crippen LogP contribution is -2.40. The highest BCUT2D eigenvalue weighted by atomic mass is 32.1. The van der Waals surface area contributed by atoms with Gasteiger partial charge in [0.1, 0.15) is 6.04 Å². The van der Waals surface area contributed by atoms with E-state index in [1.165, 1.54) is 6.92 Å². The molecular formula is C13H20N2O5S. The van der Waals surface area contributed by atoms with Crippen molar-refractivity contribution in [3.8, 4) is 0 Å². The van der Waals surface area contributed by atoms with E-state index in [9.17, 15) is 14.7 Å². The summed E-state index contributed by atoms with van der Waals surface area (Å²) in [4.78, 5) is 20.5. The number of carboxylic acid groups (broad SMARTS) is 1. The molecule has 2 atom stereocenters. The molecule has 0 aromatic carbocycles. The van der Waals surface area contributed by atoms with Gasteiger partial charge in [-0.15, -0.1) is 0 Å². The van der Waals surface area contributed by atoms with Crippen LogP contribution < -0.4 is 5.32 Å². The first-order valence-electron chi connectivity index (χ1n) is 6.48. The fourth-order valence-corrected chi connectivity index (χ4v) is 2.34. The van der Waals surface area contributed by atoms with Crippen molar-refractivity contribution in [1.29, 1.82) is 0 Å². The first kappa shape index (κ1) is 17.5. The third-order valence-electron chi connectivity index (χ3n) is 3.08. The molecule has 0 radical (unpaired) electrons. The number of nitrogens with one attached hydrogen (secondary N) is 1. The summed E-state index contributed by atoms with van der Waals surface area (Å²) in [6.45, 7) is 2.16. The summed E-state index contributed by atoms with van der Waals surface area (Å²) in [5.74, 6) is -1.32. The molecule has 1 unspecified atom stereocenters. The van der Waals surface area contributed by atoms with E-state index in [4.69, 9.17) is 10.2 Å². The molecule has 1 aromatic rings. The van der Waals surface area contributed by atoms with Crippen molar-refractivity contribution in [3.63, 3.8) is 0 Å². The Kier molecular flexibility index (Phi) is 6.73. The molecule has 0 bridgehead atoms. The van der Waals surface area contributed by atoms with Gasteiger partial charge >= 0.3 is 5.97 Å². The van der Waals surface area contributed by atoms with Crippen molar-refractivity contribution in [2.24, 2.45) is 0 Å². The predicted octanol–water partition coefficient (Wildman–Crippen LogP) is -0.0770. The van der Waals surface area contributed by atoms with Gasteiger partial charge in [-0.3, -0.25) is 4.79 Å². The van der Waals surface area contributed by atoms with Crippen LogP contribution in [0.5, 0.6) is 0 Å². The topological polar surface area (TPSA) is 112 Å². The minimum Gasteiger partial charge on any atom is -0.480 e. The number of carboxylic acids is 1. The summed E-state index contributed by atoms with van der Waals surface area (Å²) in [5, 5.41) is 28.9. The summed E-state index contributed by atoms with van der Waals surface area (Å²) in [7, 11) is 0. The third kappa shape index (κ3) is 4.76. The minimum atomic E-state index is -1.06. The molecular weight excluding hydrogens is 296 g/mol. The highest BCUT2D eigenvalue weighted by molar-refractivity contribution is 7.80. The highest BCUT2D eigenvalue weighted by Gasteiger charge is 2.22. The lowest BCUT2D eigenvalue weighted by Gasteiger charge is -2.08. The van der Waals surface area contributed by atoms with Crippen LogP contribution in [0.2, 0.25) is 0 Å². The Balaban J connectivity index is 0.000000212. The number of amides is 1. The second-order valence-corrected chi connectivity index (χ2v) is 5.02. The van der Waals surface area contributed by atoms with Crippen molar-refractivity contribution in [1.82, 2.24) is 9.88 Å². The Morgan fingerprint density at radius 3 is 2.67 bits per heavy atom. The van der Waals surface area contributed by atoms with Crippen LogP contribution in [0.25, 0.3) is 0 Å². The van der Waals surface area contributed by atoms with Crippen LogP contribution in [0, 0.1) is 0 Å². The number of thiol groups is 1. The van der Waals surface area contributed by atoms with Crippen LogP contribution in [0.3, 0.4) is 0 Å². The zero-order valence-corrected chi connectivity index (χ0v) is 12.6. The molecule has 1 aliphatic heterocycles. The number of nitrogens with zero attached hydrogens (tertiary/aromatic N) is 1. The van der Waals surface area contributed by atoms with Gasteiger partial charge in [-0.2, -0.15) is 12.6 Å². The Morgan fingerprint density at radius 2 is 2.24 bits per heavy atom. The number of aliphatic carboxylic acids is 1. The second-order valence-electron chi connectivity index (χ2n) is 4.66. The maximum Gasteiger partial charge on any atom is 0.327 e. The molecule has 21 heavy (non-hydrogen) atoms. The molecule has 0 fully saturated rings. The maximum absolute atomic E-state index is 10.3. The van der Waals surface area contributed by atoms with Gasteiger partial charge in [-0.1, -0.05) is 0 Å². The molecule has 0 spiro atoms. The van der Waals surface area contributed by atoms with Gasteiger partial charge in [-0.05, 0) is 12.5 Å². The third-order valence-corrected chi connectivity index (χ3v) is 3.45. The molecule has 0 aliphatic carbocycles. The van der Waals surface area contributed by atoms with Gasteiger partial charge < -0.3 is 25.2 Å². The molecule has 1 aliphatic rings. The van der Waals surface area contributed by atoms with E-state index in [-0.39, 0.29) is 24.4 Å². The summed E-state index contributed by atoms with van der Waals surface area (Å²) in [6, 6.07) is 0.985. The Labute approximate surface area is 128 Å². The van der Waals surface area contributed by atoms with E-state index in [2.05, 4.69) is 17.9 Å². The number of aliphatic hydroxyl groups excluding tert-OH is 2. The van der Waals surface area contributed by atoms with Crippen LogP contribution in [0.4, 0.5) is 0 Å². The van der Waals surface area contributed by atoms with E-state index in [0.29, 0.717) is 0 Å². The largest absolute Gasteiger partial charge is 0.480 e. The summed E-state index contributed by atoms with van der Waals surface area (Å²) < 4.78 is 2.00. The quantitative estimate of drug-likeness (QED) is 0.499. The van der Waals surface area contributed by atoms with Crippen molar-refractivity contribution in [2.45, 2.75) is 38.6 Å². The number of hydrogen-bond donors (Lipinski definition) is 5. The molecule has 118 valence electrons. The monoisotopic (exact) mass is 316 g/mol. The fraction of sp³-hybridized carbons (Fsp3) is 0.538. The summed E-state index contributed by atoms with van der Waals surface area (Å²) in [6.07, 6.45) is 2.33. The Bertz CT molecular complexity index is 503. The zero-order chi connectivity index (χ0) is 16.0. The molecule has 1 amide bonds. The van der Waals surface area contributed by atoms with Gasteiger partial charge in [0.15, 0.2) is 0 Å². The number of fused-ring (bicyclic) bond motifs is 1. The summed E-state index contributed by atoms with van der Waals surface area (Å²) in [5.41, 5.74) is 1.75. The normalized spacial score (nSPS) is 17.4. The lowest BCUT2D eigenvalue weighted by atomic mass is 10.1. The molecule has 2 rings (SSSR count). The number of aromatic nitrogens is 1. The van der Waals surface area contributed by atoms with Gasteiger partial charge in [0.2, 0.25) is 5.91 Å². The number of carbonyl (C=O) groups excluding carboxylic acids is 1. The van der Waals surface area contributed by atoms with Crippen molar-refractivity contribution >= 4 is 24.5 Å². The van der Waals surface area contributed by atoms with Crippen LogP contribution in [-0.4, -0.2) is 43.6 Å². The van der Waals surface area contributed by atoms with Gasteiger partial charge in [0.25, 0.3) is 0 Å². The fourth-order valence-electron chi connectivity index (χ4n) is 2.09. The van der Waals surface area contributed by atoms with E-state index in [1.54, 1.807) is 0 Å². The number of aliphatic hydroxyl groups is 2. The first-order valence-corrected chi connectivity index (χ1v) is 7.11. The smallest absolute Gasteiger partial charge is 0.327 e. The van der Waals surface area contributed by atoms with Crippen LogP contribution in [0.15, 0.2) is 12.3 Å². The van der Waals surface area contributed by atoms with Crippen LogP contribution in [-0.2, 0) is 22.7 Å². The average Bonchev–Trinajstić information content (AvgIpc) is 2.99. The van der Waals surface area contributed by atoms with E-state index >= 15 is 0 Å². The molecule has 8 heteroatoms. The maximum atomic E-state index is 10.3. The van der Waals surface area contributed by atoms with Gasteiger partial charge in [0, 0.05) is 31.0 Å². The molecule has 2 heterocycles. The van der Waals surface area contributed by atoms with E-state index in [1.807, 2.05) is 16.8 Å². The number of hydrogen-bond acceptors (Lipinski definition) is 5. The van der Waals surface area contributed by atoms with Crippen molar-refractivity contribution in [2.75, 3.05) is 5.75 Å². The molecule has 0 saturated carbocycles. The Morgan fingerprint density at radius 1 is 1.57 bits per heavy atom. The van der Waals surface area contributed by atoms with E-state index < -0.39 is 12.0 Å². The SMILES string of the molecule is CC(=O)N[C@@H](CS)C(=O)O.OCc1ccn2c1C(O)CC2. The second kappa shape index (κ2) is 8.06. The minimum absolute atomic E-state index is 0.0272.